The first-order chi connectivity index (χ1) is 17.0. The Morgan fingerprint density at radius 2 is 2.06 bits per heavy atom. The summed E-state index contributed by atoms with van der Waals surface area (Å²) in [5, 5.41) is 9.98. The number of carbonyl (C=O) groups is 2. The lowest BCUT2D eigenvalue weighted by atomic mass is 9.94. The predicted octanol–water partition coefficient (Wildman–Crippen LogP) is 2.02. The first-order valence-corrected chi connectivity index (χ1v) is 11.4. The first-order valence-electron chi connectivity index (χ1n) is 11.4. The molecule has 3 aromatic rings. The summed E-state index contributed by atoms with van der Waals surface area (Å²) >= 11 is 0. The lowest BCUT2D eigenvalue weighted by molar-refractivity contribution is -0.129. The van der Waals surface area contributed by atoms with Gasteiger partial charge in [0.05, 0.1) is 17.1 Å². The highest BCUT2D eigenvalue weighted by Gasteiger charge is 2.48. The summed E-state index contributed by atoms with van der Waals surface area (Å²) in [5.74, 6) is -3.86. The van der Waals surface area contributed by atoms with Crippen LogP contribution < -0.4 is 16.4 Å². The Balaban J connectivity index is 1.54. The lowest BCUT2D eigenvalue weighted by Gasteiger charge is -2.24. The molecule has 0 aromatic carbocycles. The highest BCUT2D eigenvalue weighted by atomic mass is 19.3. The average Bonchev–Trinajstić information content (AvgIpc) is 3.50. The summed E-state index contributed by atoms with van der Waals surface area (Å²) < 4.78 is 41.1. The number of aromatic nitrogens is 6. The number of nitrogens with one attached hydrogen (secondary N) is 2. The third-order valence-corrected chi connectivity index (χ3v) is 6.44. The van der Waals surface area contributed by atoms with Gasteiger partial charge in [0.15, 0.2) is 18.1 Å². The third kappa shape index (κ3) is 4.20. The van der Waals surface area contributed by atoms with Gasteiger partial charge >= 0.3 is 0 Å². The number of rotatable bonds is 8. The van der Waals surface area contributed by atoms with Crippen molar-refractivity contribution in [1.82, 2.24) is 35.0 Å². The van der Waals surface area contributed by atoms with Crippen LogP contribution in [0, 0.1) is 5.92 Å². The number of anilines is 2. The maximum atomic E-state index is 13.5. The molecular weight excluding hydrogens is 479 g/mol. The molecule has 0 saturated heterocycles. The van der Waals surface area contributed by atoms with Crippen LogP contribution in [0.2, 0.25) is 0 Å². The van der Waals surface area contributed by atoms with E-state index in [-0.39, 0.29) is 46.9 Å². The van der Waals surface area contributed by atoms with Crippen LogP contribution in [0.5, 0.6) is 0 Å². The summed E-state index contributed by atoms with van der Waals surface area (Å²) in [7, 11) is 1.62. The summed E-state index contributed by atoms with van der Waals surface area (Å²) in [6.07, 6.45) is 2.68. The molecule has 36 heavy (non-hydrogen) atoms. The zero-order chi connectivity index (χ0) is 25.8. The van der Waals surface area contributed by atoms with Crippen LogP contribution in [-0.4, -0.2) is 54.1 Å². The molecule has 4 N–H and O–H groups in total. The molecule has 2 amide bonds. The maximum absolute atomic E-state index is 13.5. The Morgan fingerprint density at radius 3 is 2.75 bits per heavy atom. The van der Waals surface area contributed by atoms with Gasteiger partial charge in [-0.1, -0.05) is 0 Å². The Hall–Kier alpha value is -3.84. The predicted molar refractivity (Wildman–Crippen MR) is 122 cm³/mol. The number of nitrogens with two attached hydrogens (primary N) is 1. The SMILES string of the molecule is Cn1ncc2c(-c3nc(N)c4c(n3)NC(=O)C4(C)NC(=O)CC3CC3)nc(CCC(F)(F)CF)nc21. The van der Waals surface area contributed by atoms with Crippen LogP contribution in [0.25, 0.3) is 22.6 Å². The van der Waals surface area contributed by atoms with E-state index in [1.54, 1.807) is 7.05 Å². The number of nitrogen functional groups attached to an aromatic ring is 1. The van der Waals surface area contributed by atoms with Gasteiger partial charge in [-0.25, -0.2) is 33.1 Å². The smallest absolute Gasteiger partial charge is 0.276 e. The van der Waals surface area contributed by atoms with Crippen molar-refractivity contribution in [3.8, 4) is 11.5 Å². The molecule has 14 heteroatoms. The molecule has 1 aliphatic heterocycles. The monoisotopic (exact) mass is 503 g/mol. The van der Waals surface area contributed by atoms with Crippen LogP contribution in [0.3, 0.4) is 0 Å². The molecule has 1 unspecified atom stereocenters. The van der Waals surface area contributed by atoms with E-state index >= 15 is 0 Å². The minimum atomic E-state index is -3.50. The van der Waals surface area contributed by atoms with Crippen LogP contribution in [0.4, 0.5) is 24.8 Å². The standard InChI is InChI=1S/C22H24F3N9O2/c1-21(33-13(35)7-10-3-4-10)14-16(26)30-18(31-17(14)32-20(21)36)15-11-8-27-34(2)19(11)29-12(28-15)5-6-22(24,25)9-23/h8,10H,3-7,9H2,1-2H3,(H,33,35)(H3,26,30,31,32,36). The van der Waals surface area contributed by atoms with E-state index in [9.17, 15) is 22.8 Å². The van der Waals surface area contributed by atoms with E-state index in [0.29, 0.717) is 23.4 Å². The Morgan fingerprint density at radius 1 is 1.31 bits per heavy atom. The molecule has 3 aromatic heterocycles. The maximum Gasteiger partial charge on any atom is 0.276 e. The van der Waals surface area contributed by atoms with Crippen molar-refractivity contribution >= 4 is 34.5 Å². The molecule has 0 bridgehead atoms. The average molecular weight is 503 g/mol. The van der Waals surface area contributed by atoms with Gasteiger partial charge in [0.25, 0.3) is 11.8 Å². The van der Waals surface area contributed by atoms with Crippen molar-refractivity contribution in [1.29, 1.82) is 0 Å². The van der Waals surface area contributed by atoms with E-state index in [0.717, 1.165) is 12.8 Å². The Kier molecular flexibility index (Phi) is 5.56. The molecule has 4 heterocycles. The number of hydrogen-bond acceptors (Lipinski definition) is 8. The van der Waals surface area contributed by atoms with Crippen molar-refractivity contribution in [2.75, 3.05) is 17.7 Å². The second-order valence-electron chi connectivity index (χ2n) is 9.41. The van der Waals surface area contributed by atoms with Gasteiger partial charge in [-0.3, -0.25) is 14.3 Å². The van der Waals surface area contributed by atoms with Gasteiger partial charge < -0.3 is 16.4 Å². The highest BCUT2D eigenvalue weighted by Crippen LogP contribution is 2.40. The molecule has 0 spiro atoms. The van der Waals surface area contributed by atoms with Gasteiger partial charge in [0.1, 0.15) is 28.7 Å². The number of fused-ring (bicyclic) bond motifs is 2. The van der Waals surface area contributed by atoms with Crippen LogP contribution in [0.1, 0.15) is 44.0 Å². The van der Waals surface area contributed by atoms with Gasteiger partial charge in [0, 0.05) is 26.3 Å². The van der Waals surface area contributed by atoms with Gasteiger partial charge in [0.2, 0.25) is 5.91 Å². The van der Waals surface area contributed by atoms with E-state index in [1.165, 1.54) is 17.8 Å². The number of nitrogens with zero attached hydrogens (tertiary/aromatic N) is 6. The fourth-order valence-corrected chi connectivity index (χ4v) is 4.26. The molecule has 1 aliphatic carbocycles. The molecule has 5 rings (SSSR count). The number of alkyl halides is 3. The summed E-state index contributed by atoms with van der Waals surface area (Å²) in [5.41, 5.74) is 5.54. The largest absolute Gasteiger partial charge is 0.383 e. The molecule has 0 radical (unpaired) electrons. The summed E-state index contributed by atoms with van der Waals surface area (Å²) in [6, 6.07) is 0. The molecule has 1 saturated carbocycles. The Labute approximate surface area is 203 Å². The number of amides is 2. The Bertz CT molecular complexity index is 1390. The normalized spacial score (nSPS) is 19.4. The number of halogens is 3. The molecule has 2 aliphatic rings. The van der Waals surface area contributed by atoms with Gasteiger partial charge in [-0.2, -0.15) is 5.10 Å². The van der Waals surface area contributed by atoms with Crippen molar-refractivity contribution in [2.24, 2.45) is 13.0 Å². The van der Waals surface area contributed by atoms with Crippen molar-refractivity contribution < 1.29 is 22.8 Å². The molecule has 1 atom stereocenters. The van der Waals surface area contributed by atoms with Crippen LogP contribution in [0.15, 0.2) is 6.20 Å². The molecule has 1 fully saturated rings. The molecular formula is C22H24F3N9O2. The first kappa shape index (κ1) is 23.9. The second kappa shape index (κ2) is 8.38. The van der Waals surface area contributed by atoms with Crippen molar-refractivity contribution in [3.05, 3.63) is 17.6 Å². The minimum Gasteiger partial charge on any atom is -0.383 e. The van der Waals surface area contributed by atoms with Gasteiger partial charge in [-0.05, 0) is 25.7 Å². The molecule has 190 valence electrons. The molecule has 11 nitrogen and oxygen atoms in total. The van der Waals surface area contributed by atoms with E-state index in [1.807, 2.05) is 0 Å². The fourth-order valence-electron chi connectivity index (χ4n) is 4.26. The third-order valence-electron chi connectivity index (χ3n) is 6.44. The topological polar surface area (TPSA) is 154 Å². The van der Waals surface area contributed by atoms with Crippen molar-refractivity contribution in [3.63, 3.8) is 0 Å². The lowest BCUT2D eigenvalue weighted by Crippen LogP contribution is -2.48. The quantitative estimate of drug-likeness (QED) is 0.422. The number of carbonyl (C=O) groups excluding carboxylic acids is 2. The van der Waals surface area contributed by atoms with Crippen LogP contribution in [-0.2, 0) is 28.6 Å². The van der Waals surface area contributed by atoms with Crippen molar-refractivity contribution in [2.45, 2.75) is 50.5 Å². The van der Waals surface area contributed by atoms with Gasteiger partial charge in [-0.15, -0.1) is 0 Å². The van der Waals surface area contributed by atoms with Crippen LogP contribution >= 0.6 is 0 Å². The fraction of sp³-hybridized carbons (Fsp3) is 0.500. The number of hydrogen-bond donors (Lipinski definition) is 3. The minimum absolute atomic E-state index is 0.0130. The zero-order valence-electron chi connectivity index (χ0n) is 19.6. The second-order valence-corrected chi connectivity index (χ2v) is 9.41. The van der Waals surface area contributed by atoms with E-state index in [2.05, 4.69) is 35.7 Å². The zero-order valence-corrected chi connectivity index (χ0v) is 19.6. The number of aryl methyl sites for hydroxylation is 2. The summed E-state index contributed by atoms with van der Waals surface area (Å²) in [4.78, 5) is 42.7. The summed E-state index contributed by atoms with van der Waals surface area (Å²) in [6.45, 7) is -0.251. The van der Waals surface area contributed by atoms with E-state index in [4.69, 9.17) is 5.73 Å². The highest BCUT2D eigenvalue weighted by molar-refractivity contribution is 6.08. The van der Waals surface area contributed by atoms with E-state index < -0.39 is 30.5 Å².